The monoisotopic (exact) mass is 432 g/mol. The minimum atomic E-state index is -0.351. The first kappa shape index (κ1) is 20.2. The molecule has 5 nitrogen and oxygen atoms in total. The number of hydrogen-bond acceptors (Lipinski definition) is 5. The van der Waals surface area contributed by atoms with Gasteiger partial charge in [-0.15, -0.1) is 0 Å². The maximum atomic E-state index is 12.4. The molecule has 29 heavy (non-hydrogen) atoms. The lowest BCUT2D eigenvalue weighted by atomic mass is 10.1. The van der Waals surface area contributed by atoms with Gasteiger partial charge in [-0.2, -0.15) is 0 Å². The zero-order valence-electron chi connectivity index (χ0n) is 16.2. The fraction of sp³-hybridized carbons (Fsp3) is 0.364. The van der Waals surface area contributed by atoms with Gasteiger partial charge in [-0.1, -0.05) is 23.2 Å². The molecule has 2 aromatic carbocycles. The Morgan fingerprint density at radius 2 is 2.03 bits per heavy atom. The second-order valence-electron chi connectivity index (χ2n) is 7.41. The van der Waals surface area contributed by atoms with Crippen molar-refractivity contribution in [3.63, 3.8) is 0 Å². The van der Waals surface area contributed by atoms with Crippen LogP contribution in [0.3, 0.4) is 0 Å². The van der Waals surface area contributed by atoms with Crippen LogP contribution in [0, 0.1) is 0 Å². The molecule has 0 amide bonds. The van der Waals surface area contributed by atoms with E-state index < -0.39 is 0 Å². The number of likely N-dealkylation sites (tertiary alicyclic amines) is 1. The summed E-state index contributed by atoms with van der Waals surface area (Å²) in [5.74, 6) is 0.0472. The summed E-state index contributed by atoms with van der Waals surface area (Å²) in [6, 6.07) is 10.8. The molecular weight excluding hydrogens is 411 g/mol. The standard InChI is InChI=1S/C22H22Cl2N2O3/c1-26-8-2-4-18(26)5-3-9-28-22(27)14-6-7-19-20(12-14)29-21(25-19)15-10-16(23)13-17(24)11-15/h6-7,10-13,18H,2-5,8-9H2,1H3. The van der Waals surface area contributed by atoms with Gasteiger partial charge in [-0.3, -0.25) is 0 Å². The summed E-state index contributed by atoms with van der Waals surface area (Å²) in [6.45, 7) is 1.58. The Morgan fingerprint density at radius 3 is 2.76 bits per heavy atom. The highest BCUT2D eigenvalue weighted by Crippen LogP contribution is 2.29. The topological polar surface area (TPSA) is 55.6 Å². The first-order valence-corrected chi connectivity index (χ1v) is 10.5. The highest BCUT2D eigenvalue weighted by molar-refractivity contribution is 6.35. The molecule has 0 radical (unpaired) electrons. The first-order chi connectivity index (χ1) is 14.0. The van der Waals surface area contributed by atoms with Crippen molar-refractivity contribution in [2.45, 2.75) is 31.7 Å². The summed E-state index contributed by atoms with van der Waals surface area (Å²) in [7, 11) is 2.15. The fourth-order valence-electron chi connectivity index (χ4n) is 3.76. The van der Waals surface area contributed by atoms with Crippen molar-refractivity contribution < 1.29 is 13.9 Å². The Morgan fingerprint density at radius 1 is 1.24 bits per heavy atom. The van der Waals surface area contributed by atoms with Gasteiger partial charge in [0.15, 0.2) is 5.58 Å². The lowest BCUT2D eigenvalue weighted by Crippen LogP contribution is -2.25. The number of aromatic nitrogens is 1. The van der Waals surface area contributed by atoms with Crippen molar-refractivity contribution in [2.24, 2.45) is 0 Å². The number of oxazole rings is 1. The van der Waals surface area contributed by atoms with Crippen LogP contribution in [0.4, 0.5) is 0 Å². The zero-order chi connectivity index (χ0) is 20.4. The van der Waals surface area contributed by atoms with Gasteiger partial charge in [-0.05, 0) is 75.7 Å². The number of ether oxygens (including phenoxy) is 1. The van der Waals surface area contributed by atoms with Gasteiger partial charge in [0.1, 0.15) is 5.52 Å². The third-order valence-corrected chi connectivity index (χ3v) is 5.76. The summed E-state index contributed by atoms with van der Waals surface area (Å²) in [5, 5.41) is 1.01. The number of fused-ring (bicyclic) bond motifs is 1. The van der Waals surface area contributed by atoms with Crippen molar-refractivity contribution in [3.05, 3.63) is 52.0 Å². The molecule has 1 aliphatic heterocycles. The Balaban J connectivity index is 1.41. The molecule has 1 atom stereocenters. The fourth-order valence-corrected chi connectivity index (χ4v) is 4.29. The van der Waals surface area contributed by atoms with E-state index in [1.807, 2.05) is 0 Å². The minimum Gasteiger partial charge on any atom is -0.462 e. The first-order valence-electron chi connectivity index (χ1n) is 9.74. The number of halogens is 2. The van der Waals surface area contributed by atoms with E-state index >= 15 is 0 Å². The zero-order valence-corrected chi connectivity index (χ0v) is 17.7. The van der Waals surface area contributed by atoms with Crippen LogP contribution >= 0.6 is 23.2 Å². The number of benzene rings is 2. The van der Waals surface area contributed by atoms with Gasteiger partial charge >= 0.3 is 5.97 Å². The SMILES string of the molecule is CN1CCCC1CCCOC(=O)c1ccc2nc(-c3cc(Cl)cc(Cl)c3)oc2c1. The summed E-state index contributed by atoms with van der Waals surface area (Å²) in [6.07, 6.45) is 4.40. The highest BCUT2D eigenvalue weighted by Gasteiger charge is 2.20. The van der Waals surface area contributed by atoms with Gasteiger partial charge < -0.3 is 14.1 Å². The molecule has 152 valence electrons. The second-order valence-corrected chi connectivity index (χ2v) is 8.29. The van der Waals surface area contributed by atoms with Gasteiger partial charge in [0.05, 0.1) is 12.2 Å². The average Bonchev–Trinajstić information content (AvgIpc) is 3.29. The smallest absolute Gasteiger partial charge is 0.338 e. The molecule has 0 bridgehead atoms. The van der Waals surface area contributed by atoms with Crippen LogP contribution in [-0.4, -0.2) is 42.1 Å². The molecule has 3 aromatic rings. The van der Waals surface area contributed by atoms with E-state index in [0.29, 0.717) is 50.8 Å². The predicted octanol–water partition coefficient (Wildman–Crippen LogP) is 5.83. The summed E-state index contributed by atoms with van der Waals surface area (Å²) in [4.78, 5) is 19.2. The highest BCUT2D eigenvalue weighted by atomic mass is 35.5. The van der Waals surface area contributed by atoms with Gasteiger partial charge in [-0.25, -0.2) is 9.78 Å². The van der Waals surface area contributed by atoms with Gasteiger partial charge in [0, 0.05) is 21.7 Å². The quantitative estimate of drug-likeness (QED) is 0.362. The number of hydrogen-bond donors (Lipinski definition) is 0. The molecule has 1 unspecified atom stereocenters. The Labute approximate surface area is 179 Å². The molecule has 0 saturated carbocycles. The lowest BCUT2D eigenvalue weighted by molar-refractivity contribution is 0.0492. The Hall–Kier alpha value is -2.08. The summed E-state index contributed by atoms with van der Waals surface area (Å²) >= 11 is 12.1. The van der Waals surface area contributed by atoms with Crippen molar-refractivity contribution in [1.29, 1.82) is 0 Å². The second kappa shape index (κ2) is 8.74. The molecule has 0 aliphatic carbocycles. The van der Waals surface area contributed by atoms with Gasteiger partial charge in [0.25, 0.3) is 0 Å². The van der Waals surface area contributed by atoms with Gasteiger partial charge in [0.2, 0.25) is 5.89 Å². The largest absolute Gasteiger partial charge is 0.462 e. The number of nitrogens with zero attached hydrogens (tertiary/aromatic N) is 2. The van der Waals surface area contributed by atoms with Crippen LogP contribution in [0.2, 0.25) is 10.0 Å². The van der Waals surface area contributed by atoms with E-state index in [1.54, 1.807) is 36.4 Å². The predicted molar refractivity (Wildman–Crippen MR) is 115 cm³/mol. The molecule has 1 aliphatic rings. The van der Waals surface area contributed by atoms with Crippen LogP contribution in [0.15, 0.2) is 40.8 Å². The van der Waals surface area contributed by atoms with Crippen LogP contribution < -0.4 is 0 Å². The van der Waals surface area contributed by atoms with E-state index in [9.17, 15) is 4.79 Å². The van der Waals surface area contributed by atoms with Crippen LogP contribution in [0.25, 0.3) is 22.6 Å². The van der Waals surface area contributed by atoms with Crippen molar-refractivity contribution in [2.75, 3.05) is 20.2 Å². The van der Waals surface area contributed by atoms with Crippen LogP contribution in [0.5, 0.6) is 0 Å². The Bertz CT molecular complexity index is 1010. The third kappa shape index (κ3) is 4.74. The van der Waals surface area contributed by atoms with E-state index in [1.165, 1.54) is 12.8 Å². The summed E-state index contributed by atoms with van der Waals surface area (Å²) in [5.41, 5.74) is 2.29. The molecule has 1 fully saturated rings. The maximum absolute atomic E-state index is 12.4. The molecule has 1 aromatic heterocycles. The number of rotatable bonds is 6. The molecule has 7 heteroatoms. The number of esters is 1. The number of carbonyl (C=O) groups is 1. The van der Waals surface area contributed by atoms with Crippen molar-refractivity contribution in [1.82, 2.24) is 9.88 Å². The molecule has 2 heterocycles. The molecule has 0 N–H and O–H groups in total. The normalized spacial score (nSPS) is 17.1. The lowest BCUT2D eigenvalue weighted by Gasteiger charge is -2.18. The van der Waals surface area contributed by atoms with E-state index in [2.05, 4.69) is 16.9 Å². The van der Waals surface area contributed by atoms with Crippen LogP contribution in [-0.2, 0) is 4.74 Å². The van der Waals surface area contributed by atoms with Crippen molar-refractivity contribution >= 4 is 40.3 Å². The van der Waals surface area contributed by atoms with E-state index in [-0.39, 0.29) is 5.97 Å². The maximum Gasteiger partial charge on any atom is 0.338 e. The molecule has 4 rings (SSSR count). The molecule has 0 spiro atoms. The van der Waals surface area contributed by atoms with Crippen molar-refractivity contribution in [3.8, 4) is 11.5 Å². The Kier molecular flexibility index (Phi) is 6.09. The number of carbonyl (C=O) groups excluding carboxylic acids is 1. The minimum absolute atomic E-state index is 0.351. The molecular formula is C22H22Cl2N2O3. The average molecular weight is 433 g/mol. The van der Waals surface area contributed by atoms with Crippen LogP contribution in [0.1, 0.15) is 36.0 Å². The third-order valence-electron chi connectivity index (χ3n) is 5.32. The van der Waals surface area contributed by atoms with E-state index in [0.717, 1.165) is 19.4 Å². The van der Waals surface area contributed by atoms with E-state index in [4.69, 9.17) is 32.4 Å². The summed E-state index contributed by atoms with van der Waals surface area (Å²) < 4.78 is 11.3. The molecule has 1 saturated heterocycles.